The van der Waals surface area contributed by atoms with Crippen molar-refractivity contribution in [2.45, 2.75) is 44.6 Å². The van der Waals surface area contributed by atoms with Crippen LogP contribution in [0.5, 0.6) is 0 Å². The number of halogens is 1. The maximum absolute atomic E-state index is 13.3. The number of hydrogen-bond acceptors (Lipinski definition) is 4. The van der Waals surface area contributed by atoms with Gasteiger partial charge in [-0.15, -0.1) is 0 Å². The molecule has 0 radical (unpaired) electrons. The number of hydrogen-bond donors (Lipinski definition) is 1. The van der Waals surface area contributed by atoms with Crippen LogP contribution in [-0.2, 0) is 0 Å². The lowest BCUT2D eigenvalue weighted by Gasteiger charge is -2.32. The number of benzene rings is 1. The molecule has 1 aromatic heterocycles. The number of likely N-dealkylation sites (tertiary alicyclic amines) is 1. The van der Waals surface area contributed by atoms with E-state index >= 15 is 0 Å². The molecule has 1 N–H and O–H groups in total. The molecule has 2 heterocycles. The van der Waals surface area contributed by atoms with Crippen molar-refractivity contribution in [3.8, 4) is 0 Å². The van der Waals surface area contributed by atoms with Crippen molar-refractivity contribution in [2.75, 3.05) is 19.6 Å². The zero-order valence-electron chi connectivity index (χ0n) is 13.2. The van der Waals surface area contributed by atoms with Crippen LogP contribution in [0.1, 0.15) is 44.7 Å². The molecule has 2 aromatic rings. The van der Waals surface area contributed by atoms with Gasteiger partial charge in [0.2, 0.25) is 0 Å². The third kappa shape index (κ3) is 3.65. The highest BCUT2D eigenvalue weighted by molar-refractivity contribution is 7.13. The lowest BCUT2D eigenvalue weighted by molar-refractivity contribution is 0.0540. The second kappa shape index (κ2) is 6.22. The number of aromatic nitrogens is 1. The molecule has 5 heteroatoms. The summed E-state index contributed by atoms with van der Waals surface area (Å²) in [5.74, 6) is 0.279. The highest BCUT2D eigenvalue weighted by Crippen LogP contribution is 2.34. The zero-order chi connectivity index (χ0) is 15.7. The van der Waals surface area contributed by atoms with Crippen molar-refractivity contribution in [1.29, 1.82) is 0 Å². The molecule has 1 fully saturated rings. The van der Waals surface area contributed by atoms with Crippen molar-refractivity contribution < 1.29 is 9.50 Å². The average molecular weight is 322 g/mol. The molecule has 0 saturated carbocycles. The fraction of sp³-hybridized carbons (Fsp3) is 0.588. The molecule has 1 aliphatic heterocycles. The summed E-state index contributed by atoms with van der Waals surface area (Å²) in [7, 11) is 0. The van der Waals surface area contributed by atoms with Gasteiger partial charge in [0.25, 0.3) is 0 Å². The van der Waals surface area contributed by atoms with Gasteiger partial charge >= 0.3 is 0 Å². The normalized spacial score (nSPS) is 18.2. The van der Waals surface area contributed by atoms with Gasteiger partial charge in [-0.1, -0.05) is 0 Å². The lowest BCUT2D eigenvalue weighted by atomic mass is 9.91. The van der Waals surface area contributed by atoms with Gasteiger partial charge in [0.1, 0.15) is 5.82 Å². The minimum Gasteiger partial charge on any atom is -0.390 e. The van der Waals surface area contributed by atoms with E-state index < -0.39 is 5.60 Å². The predicted octanol–water partition coefficient (Wildman–Crippen LogP) is 3.78. The first kappa shape index (κ1) is 15.8. The Morgan fingerprint density at radius 3 is 2.77 bits per heavy atom. The van der Waals surface area contributed by atoms with E-state index in [0.29, 0.717) is 5.92 Å². The van der Waals surface area contributed by atoms with Crippen LogP contribution >= 0.6 is 11.5 Å². The Bertz CT molecular complexity index is 642. The number of rotatable bonds is 4. The van der Waals surface area contributed by atoms with E-state index in [1.54, 1.807) is 6.07 Å². The second-order valence-corrected chi connectivity index (χ2v) is 7.69. The summed E-state index contributed by atoms with van der Waals surface area (Å²) in [6, 6.07) is 4.97. The highest BCUT2D eigenvalue weighted by atomic mass is 32.1. The topological polar surface area (TPSA) is 36.4 Å². The van der Waals surface area contributed by atoms with Crippen LogP contribution in [0.3, 0.4) is 0 Å². The van der Waals surface area contributed by atoms with Gasteiger partial charge < -0.3 is 10.0 Å². The Hall–Kier alpha value is -1.04. The van der Waals surface area contributed by atoms with E-state index in [-0.39, 0.29) is 5.82 Å². The van der Waals surface area contributed by atoms with Crippen molar-refractivity contribution >= 4 is 21.6 Å². The first-order valence-electron chi connectivity index (χ1n) is 7.92. The fourth-order valence-electron chi connectivity index (χ4n) is 3.09. The Kier molecular flexibility index (Phi) is 4.48. The minimum absolute atomic E-state index is 0.191. The van der Waals surface area contributed by atoms with Crippen molar-refractivity contribution in [2.24, 2.45) is 0 Å². The summed E-state index contributed by atoms with van der Waals surface area (Å²) in [5.41, 5.74) is 0.550. The standard InChI is InChI=1S/C17H23FN2OS/c1-17(2,21)7-10-20-8-5-12(6-9-20)16-14-4-3-13(18)11-15(14)22-19-16/h3-4,11-12,21H,5-10H2,1-2H3. The number of nitrogens with zero attached hydrogens (tertiary/aromatic N) is 2. The fourth-order valence-corrected chi connectivity index (χ4v) is 3.97. The molecule has 22 heavy (non-hydrogen) atoms. The number of fused-ring (bicyclic) bond motifs is 1. The smallest absolute Gasteiger partial charge is 0.124 e. The van der Waals surface area contributed by atoms with Gasteiger partial charge in [-0.3, -0.25) is 0 Å². The number of aliphatic hydroxyl groups is 1. The predicted molar refractivity (Wildman–Crippen MR) is 88.9 cm³/mol. The summed E-state index contributed by atoms with van der Waals surface area (Å²) in [5, 5.41) is 10.9. The SMILES string of the molecule is CC(C)(O)CCN1CCC(c2nsc3cc(F)ccc23)CC1. The zero-order valence-corrected chi connectivity index (χ0v) is 14.0. The molecule has 1 saturated heterocycles. The van der Waals surface area contributed by atoms with Gasteiger partial charge in [0.05, 0.1) is 16.0 Å². The highest BCUT2D eigenvalue weighted by Gasteiger charge is 2.25. The summed E-state index contributed by atoms with van der Waals surface area (Å²) in [6.07, 6.45) is 2.97. The quantitative estimate of drug-likeness (QED) is 0.931. The minimum atomic E-state index is -0.591. The molecular formula is C17H23FN2OS. The molecular weight excluding hydrogens is 299 g/mol. The molecule has 0 amide bonds. The molecule has 1 aromatic carbocycles. The molecule has 1 aliphatic rings. The Balaban J connectivity index is 1.63. The molecule has 0 atom stereocenters. The lowest BCUT2D eigenvalue weighted by Crippen LogP contribution is -2.36. The van der Waals surface area contributed by atoms with Gasteiger partial charge in [-0.25, -0.2) is 4.39 Å². The van der Waals surface area contributed by atoms with Gasteiger partial charge in [0.15, 0.2) is 0 Å². The van der Waals surface area contributed by atoms with Crippen LogP contribution in [0.2, 0.25) is 0 Å². The molecule has 3 rings (SSSR count). The van der Waals surface area contributed by atoms with E-state index in [2.05, 4.69) is 9.27 Å². The largest absolute Gasteiger partial charge is 0.390 e. The number of piperidine rings is 1. The van der Waals surface area contributed by atoms with E-state index in [1.807, 2.05) is 19.9 Å². The molecule has 0 unspecified atom stereocenters. The molecule has 0 spiro atoms. The summed E-state index contributed by atoms with van der Waals surface area (Å²) >= 11 is 1.40. The van der Waals surface area contributed by atoms with Crippen LogP contribution in [0.25, 0.3) is 10.1 Å². The first-order chi connectivity index (χ1) is 10.4. The van der Waals surface area contributed by atoms with E-state index in [1.165, 1.54) is 17.6 Å². The van der Waals surface area contributed by atoms with Crippen molar-refractivity contribution in [1.82, 2.24) is 9.27 Å². The van der Waals surface area contributed by atoms with Crippen LogP contribution in [0.15, 0.2) is 18.2 Å². The van der Waals surface area contributed by atoms with Crippen LogP contribution in [0.4, 0.5) is 4.39 Å². The molecule has 0 aliphatic carbocycles. The van der Waals surface area contributed by atoms with Gasteiger partial charge in [-0.2, -0.15) is 4.37 Å². The van der Waals surface area contributed by atoms with Crippen LogP contribution < -0.4 is 0 Å². The molecule has 0 bridgehead atoms. The van der Waals surface area contributed by atoms with E-state index in [0.717, 1.165) is 54.7 Å². The van der Waals surface area contributed by atoms with Crippen LogP contribution in [0, 0.1) is 5.82 Å². The monoisotopic (exact) mass is 322 g/mol. The maximum atomic E-state index is 13.3. The summed E-state index contributed by atoms with van der Waals surface area (Å²) < 4.78 is 18.8. The molecule has 3 nitrogen and oxygen atoms in total. The van der Waals surface area contributed by atoms with Crippen molar-refractivity contribution in [3.05, 3.63) is 29.7 Å². The summed E-state index contributed by atoms with van der Waals surface area (Å²) in [4.78, 5) is 2.42. The summed E-state index contributed by atoms with van der Waals surface area (Å²) in [6.45, 7) is 6.75. The Morgan fingerprint density at radius 1 is 1.36 bits per heavy atom. The third-order valence-electron chi connectivity index (χ3n) is 4.48. The van der Waals surface area contributed by atoms with Crippen molar-refractivity contribution in [3.63, 3.8) is 0 Å². The van der Waals surface area contributed by atoms with E-state index in [9.17, 15) is 9.50 Å². The first-order valence-corrected chi connectivity index (χ1v) is 8.69. The van der Waals surface area contributed by atoms with Crippen LogP contribution in [-0.4, -0.2) is 39.6 Å². The van der Waals surface area contributed by atoms with E-state index in [4.69, 9.17) is 0 Å². The Morgan fingerprint density at radius 2 is 2.09 bits per heavy atom. The maximum Gasteiger partial charge on any atom is 0.124 e. The molecule has 120 valence electrons. The average Bonchev–Trinajstić information content (AvgIpc) is 2.88. The van der Waals surface area contributed by atoms with Gasteiger partial charge in [-0.05, 0) is 75.9 Å². The Labute approximate surface area is 134 Å². The second-order valence-electron chi connectivity index (χ2n) is 6.89. The third-order valence-corrected chi connectivity index (χ3v) is 5.30. The van der Waals surface area contributed by atoms with Gasteiger partial charge in [0, 0.05) is 17.8 Å².